The summed E-state index contributed by atoms with van der Waals surface area (Å²) in [5, 5.41) is 14.1. The molecule has 5 aliphatic heterocycles. The van der Waals surface area contributed by atoms with Crippen molar-refractivity contribution >= 4 is 93.5 Å². The van der Waals surface area contributed by atoms with E-state index in [4.69, 9.17) is 24.6 Å². The van der Waals surface area contributed by atoms with Gasteiger partial charge in [-0.15, -0.1) is 0 Å². The standard InChI is InChI=1S/C68H92N14O16.H2O/c1-31(2)48-65(92)81-25-19-22-42(81)63(90)77(13)29-44(83)79(15)54(33(5)6)67(94)96-37(11)50(61(88)73-48)75-59(86)40-27-41(71-28-39-21-17-18-24-70-39)35(9)57-52(40)72-53-46(47(69)56(85)36(10)58(53)98-57)60(87)76-51-38(12)97-68(95)55(34(7)8)80(16)45(84)30-78(14)64(91)43-23-20-26-82(43)66(93)49(32(3)4)74-62(51)89;/h17-18,21,24,27,31-34,37-38,42-43,48-51,54-55,71H,19-20,22-23,25-26,28-30,69H2,1-16H3,(H,73,88)(H,74,89)(H,75,86)(H,76,87);1H2/t37-,38-,42+,43+,48-,49-,50+,51+,54+,55+;/m1./s1. The summed E-state index contributed by atoms with van der Waals surface area (Å²) in [5.41, 5.74) is 4.13. The second-order valence-corrected chi connectivity index (χ2v) is 27.4. The van der Waals surface area contributed by atoms with Crippen LogP contribution in [0.4, 0.5) is 11.4 Å². The lowest BCUT2D eigenvalue weighted by molar-refractivity contribution is -0.163. The van der Waals surface area contributed by atoms with Crippen LogP contribution < -0.4 is 37.7 Å². The fourth-order valence-electron chi connectivity index (χ4n) is 13.2. The minimum absolute atomic E-state index is 0. The number of fused-ring (bicyclic) bond motifs is 4. The van der Waals surface area contributed by atoms with Gasteiger partial charge in [0.25, 0.3) is 11.8 Å². The Balaban J connectivity index is 0.0000138. The van der Waals surface area contributed by atoms with Gasteiger partial charge in [0, 0.05) is 64.3 Å². The van der Waals surface area contributed by atoms with Gasteiger partial charge < -0.3 is 81.1 Å². The number of likely N-dealkylation sites (N-methyl/N-ethyl adjacent to an activating group) is 4. The van der Waals surface area contributed by atoms with Gasteiger partial charge in [-0.05, 0) is 95.2 Å². The van der Waals surface area contributed by atoms with Crippen molar-refractivity contribution < 1.29 is 76.9 Å². The number of cyclic esters (lactones) is 2. The summed E-state index contributed by atoms with van der Waals surface area (Å²) in [5.74, 6) is -12.7. The van der Waals surface area contributed by atoms with Crippen LogP contribution in [0.5, 0.6) is 0 Å². The molecule has 10 amide bonds. The second-order valence-electron chi connectivity index (χ2n) is 27.4. The number of hydrogen-bond donors (Lipinski definition) is 6. The minimum atomic E-state index is -1.91. The molecule has 4 saturated heterocycles. The molecule has 10 atom stereocenters. The number of hydrogen-bond acceptors (Lipinski definition) is 20. The topological polar surface area (TPSA) is 416 Å². The third-order valence-electron chi connectivity index (χ3n) is 18.9. The van der Waals surface area contributed by atoms with Crippen molar-refractivity contribution in [2.75, 3.05) is 65.4 Å². The summed E-state index contributed by atoms with van der Waals surface area (Å²) in [6, 6.07) is -4.34. The highest BCUT2D eigenvalue weighted by Crippen LogP contribution is 2.38. The molecule has 9 N–H and O–H groups in total. The van der Waals surface area contributed by atoms with E-state index < -0.39 is 191 Å². The van der Waals surface area contributed by atoms with Crippen LogP contribution in [0.15, 0.2) is 39.7 Å². The van der Waals surface area contributed by atoms with Gasteiger partial charge in [-0.2, -0.15) is 0 Å². The number of pyridine rings is 1. The molecule has 0 saturated carbocycles. The van der Waals surface area contributed by atoms with E-state index in [1.54, 1.807) is 86.7 Å². The second kappa shape index (κ2) is 31.4. The average molecular weight is 1380 g/mol. The van der Waals surface area contributed by atoms with Gasteiger partial charge in [-0.3, -0.25) is 57.7 Å². The predicted molar refractivity (Wildman–Crippen MR) is 361 cm³/mol. The summed E-state index contributed by atoms with van der Waals surface area (Å²) in [7, 11) is 5.58. The smallest absolute Gasteiger partial charge is 0.329 e. The lowest BCUT2D eigenvalue weighted by atomic mass is 9.98. The monoisotopic (exact) mass is 1380 g/mol. The highest BCUT2D eigenvalue weighted by molar-refractivity contribution is 6.11. The molecule has 8 rings (SSSR count). The zero-order valence-corrected chi connectivity index (χ0v) is 59.0. The Morgan fingerprint density at radius 1 is 0.646 bits per heavy atom. The molecule has 1 aromatic carbocycles. The molecule has 31 heteroatoms. The van der Waals surface area contributed by atoms with Crippen LogP contribution in [0, 0.1) is 37.5 Å². The number of amides is 10. The number of rotatable bonds is 11. The molecule has 0 bridgehead atoms. The lowest BCUT2D eigenvalue weighted by Crippen LogP contribution is -2.61. The van der Waals surface area contributed by atoms with Gasteiger partial charge >= 0.3 is 11.9 Å². The van der Waals surface area contributed by atoms with E-state index in [-0.39, 0.29) is 71.6 Å². The number of nitrogens with two attached hydrogens (primary N) is 1. The number of esters is 2. The Bertz CT molecular complexity index is 3840. The molecule has 31 nitrogen and oxygen atoms in total. The van der Waals surface area contributed by atoms with E-state index >= 15 is 19.2 Å². The van der Waals surface area contributed by atoms with Gasteiger partial charge in [0.15, 0.2) is 11.3 Å². The first-order chi connectivity index (χ1) is 46.1. The number of carbonyl (C=O) groups is 12. The molecule has 2 aromatic rings. The molecule has 1 aliphatic carbocycles. The normalized spacial score (nSPS) is 24.7. The number of nitrogens with one attached hydrogen (secondary N) is 5. The van der Waals surface area contributed by atoms with Gasteiger partial charge in [0.1, 0.15) is 71.8 Å². The largest absolute Gasteiger partial charge is 0.458 e. The molecule has 6 heterocycles. The number of carbonyl (C=O) groups excluding carboxylic acids is 12. The van der Waals surface area contributed by atoms with Gasteiger partial charge in [0.2, 0.25) is 52.7 Å². The van der Waals surface area contributed by atoms with Gasteiger partial charge in [-0.25, -0.2) is 14.6 Å². The predicted octanol–water partition coefficient (Wildman–Crippen LogP) is 0.908. The molecule has 538 valence electrons. The fourth-order valence-corrected chi connectivity index (χ4v) is 13.2. The van der Waals surface area contributed by atoms with E-state index in [1.165, 1.54) is 74.6 Å². The maximum atomic E-state index is 15.7. The SMILES string of the molecule is Cc1c2oc3c(C)c(NCc4ccccn4)cc(C(=O)N[C@@H]4C(=O)N[C@H](C(C)C)C(=O)N5CCC[C@H]5C(=O)N(C)CC(=O)N(C)[C@@H](C(C)C)C(=O)O[C@@H]4C)c3nc-2c(C(=O)N[C@@H]2C(=O)N[C@H](C(C)C)C(=O)N3CCC[C@H]3C(=O)N(C)CC(=O)N(C)[C@@H](C(C)C)C(=O)O[C@@H]2C)c(N)c1=O.O. The third-order valence-corrected chi connectivity index (χ3v) is 18.9. The lowest BCUT2D eigenvalue weighted by Gasteiger charge is -2.36. The van der Waals surface area contributed by atoms with Crippen LogP contribution in [0.25, 0.3) is 22.6 Å². The quantitative estimate of drug-likeness (QED) is 0.0690. The molecule has 0 spiro atoms. The van der Waals surface area contributed by atoms with Crippen molar-refractivity contribution in [1.82, 2.24) is 60.6 Å². The van der Waals surface area contributed by atoms with Gasteiger partial charge in [-0.1, -0.05) is 61.5 Å². The summed E-state index contributed by atoms with van der Waals surface area (Å²) in [6.07, 6.45) is -0.198. The summed E-state index contributed by atoms with van der Waals surface area (Å²) in [4.78, 5) is 207. The van der Waals surface area contributed by atoms with Crippen LogP contribution in [0.2, 0.25) is 0 Å². The van der Waals surface area contributed by atoms with E-state index in [0.717, 1.165) is 9.80 Å². The first-order valence-electron chi connectivity index (χ1n) is 33.2. The average Bonchev–Trinajstić information content (AvgIpc) is 0.742. The van der Waals surface area contributed by atoms with Crippen LogP contribution in [-0.2, 0) is 64.0 Å². The number of benzene rings is 2. The highest BCUT2D eigenvalue weighted by Gasteiger charge is 2.47. The number of aryl methyl sites for hydroxylation is 1. The Kier molecular flexibility index (Phi) is 24.3. The van der Waals surface area contributed by atoms with Crippen molar-refractivity contribution in [2.24, 2.45) is 23.7 Å². The maximum absolute atomic E-state index is 15.7. The number of nitrogen functional groups attached to an aromatic ring is 1. The van der Waals surface area contributed by atoms with E-state index in [9.17, 15) is 43.2 Å². The summed E-state index contributed by atoms with van der Waals surface area (Å²) < 4.78 is 18.7. The van der Waals surface area contributed by atoms with Crippen LogP contribution >= 0.6 is 0 Å². The Labute approximate surface area is 573 Å². The molecular weight excluding hydrogens is 1280 g/mol. The molecule has 99 heavy (non-hydrogen) atoms. The third kappa shape index (κ3) is 15.9. The van der Waals surface area contributed by atoms with Crippen molar-refractivity contribution in [3.05, 3.63) is 68.6 Å². The zero-order valence-electron chi connectivity index (χ0n) is 59.0. The number of anilines is 2. The first-order valence-corrected chi connectivity index (χ1v) is 33.2. The Morgan fingerprint density at radius 3 is 1.55 bits per heavy atom. The molecule has 0 unspecified atom stereocenters. The number of ether oxygens (including phenoxy) is 2. The summed E-state index contributed by atoms with van der Waals surface area (Å²) in [6.45, 7) is 18.4. The van der Waals surface area contributed by atoms with Crippen molar-refractivity contribution in [2.45, 2.75) is 176 Å². The molecule has 6 aliphatic rings. The van der Waals surface area contributed by atoms with E-state index in [2.05, 4.69) is 31.6 Å². The van der Waals surface area contributed by atoms with Crippen LogP contribution in [0.1, 0.15) is 132 Å². The molecule has 1 aromatic heterocycles. The Morgan fingerprint density at radius 2 is 1.11 bits per heavy atom. The maximum Gasteiger partial charge on any atom is 0.329 e. The van der Waals surface area contributed by atoms with E-state index in [1.807, 2.05) is 0 Å². The highest BCUT2D eigenvalue weighted by atomic mass is 16.6. The summed E-state index contributed by atoms with van der Waals surface area (Å²) >= 11 is 0. The van der Waals surface area contributed by atoms with Crippen LogP contribution in [0.3, 0.4) is 0 Å². The molecule has 0 radical (unpaired) electrons. The minimum Gasteiger partial charge on any atom is -0.458 e. The van der Waals surface area contributed by atoms with Gasteiger partial charge in [0.05, 0.1) is 42.1 Å². The van der Waals surface area contributed by atoms with Crippen molar-refractivity contribution in [3.63, 3.8) is 0 Å². The fraction of sp³-hybridized carbons (Fsp3) is 0.574. The van der Waals surface area contributed by atoms with Crippen LogP contribution in [-0.4, -0.2) is 231 Å². The van der Waals surface area contributed by atoms with Crippen molar-refractivity contribution in [3.8, 4) is 11.5 Å². The Hall–Kier alpha value is -9.81. The number of nitrogens with zero attached hydrogens (tertiary/aromatic N) is 8. The molecular formula is C68H94N14O17. The van der Waals surface area contributed by atoms with E-state index in [0.29, 0.717) is 24.1 Å². The van der Waals surface area contributed by atoms with Crippen molar-refractivity contribution in [1.29, 1.82) is 0 Å². The zero-order chi connectivity index (χ0) is 72.4. The first kappa shape index (κ1) is 76.6. The molecule has 4 fully saturated rings. The number of aromatic nitrogens is 2.